The molecular weight excluding hydrogens is 447 g/mol. The molecule has 1 amide bonds. The minimum absolute atomic E-state index is 0.0830. The fourth-order valence-corrected chi connectivity index (χ4v) is 4.07. The normalized spacial score (nSPS) is 19.1. The van der Waals surface area contributed by atoms with Crippen LogP contribution in [0.1, 0.15) is 43.7 Å². The Balaban J connectivity index is 1.66. The zero-order valence-corrected chi connectivity index (χ0v) is 18.4. The highest BCUT2D eigenvalue weighted by Gasteiger charge is 2.24. The summed E-state index contributed by atoms with van der Waals surface area (Å²) in [6, 6.07) is 13.6. The van der Waals surface area contributed by atoms with Crippen molar-refractivity contribution < 1.29 is 13.9 Å². The second-order valence-corrected chi connectivity index (χ2v) is 8.47. The summed E-state index contributed by atoms with van der Waals surface area (Å²) in [4.78, 5) is 12.6. The second-order valence-electron chi connectivity index (χ2n) is 7.62. The van der Waals surface area contributed by atoms with Crippen LogP contribution in [-0.4, -0.2) is 11.9 Å². The van der Waals surface area contributed by atoms with E-state index in [0.29, 0.717) is 22.7 Å². The second kappa shape index (κ2) is 10.4. The maximum atomic E-state index is 13.0. The Bertz CT molecular complexity index is 966. The van der Waals surface area contributed by atoms with E-state index in [1.54, 1.807) is 36.4 Å². The molecule has 156 valence electrons. The number of carbonyl (C=O) groups excluding carboxylic acids is 1. The Morgan fingerprint density at radius 1 is 1.27 bits per heavy atom. The fraction of sp³-hybridized carbons (Fsp3) is 0.333. The third-order valence-corrected chi connectivity index (χ3v) is 5.99. The molecule has 1 aliphatic rings. The van der Waals surface area contributed by atoms with Crippen LogP contribution >= 0.6 is 15.9 Å². The third kappa shape index (κ3) is 5.93. The minimum atomic E-state index is -0.330. The Kier molecular flexibility index (Phi) is 7.64. The number of halogens is 2. The van der Waals surface area contributed by atoms with Crippen molar-refractivity contribution in [2.75, 3.05) is 0 Å². The highest BCUT2D eigenvalue weighted by molar-refractivity contribution is 9.10. The van der Waals surface area contributed by atoms with E-state index in [-0.39, 0.29) is 23.3 Å². The van der Waals surface area contributed by atoms with Crippen LogP contribution in [0.15, 0.2) is 52.5 Å². The van der Waals surface area contributed by atoms with Gasteiger partial charge in [0.05, 0.1) is 4.47 Å². The van der Waals surface area contributed by atoms with E-state index in [1.807, 2.05) is 6.07 Å². The summed E-state index contributed by atoms with van der Waals surface area (Å²) in [6.07, 6.45) is 5.93. The molecule has 6 heteroatoms. The smallest absolute Gasteiger partial charge is 0.262 e. The number of ether oxygens (including phenoxy) is 1. The molecule has 0 saturated heterocycles. The van der Waals surface area contributed by atoms with Crippen LogP contribution in [0.25, 0.3) is 6.08 Å². The van der Waals surface area contributed by atoms with E-state index in [0.717, 1.165) is 30.4 Å². The molecule has 0 spiro atoms. The maximum Gasteiger partial charge on any atom is 0.262 e. The van der Waals surface area contributed by atoms with Crippen molar-refractivity contribution in [2.45, 2.75) is 45.3 Å². The first kappa shape index (κ1) is 22.0. The maximum absolute atomic E-state index is 13.0. The van der Waals surface area contributed by atoms with Gasteiger partial charge >= 0.3 is 0 Å². The Morgan fingerprint density at radius 3 is 2.67 bits per heavy atom. The van der Waals surface area contributed by atoms with Gasteiger partial charge in [0.15, 0.2) is 0 Å². The molecule has 1 aliphatic carbocycles. The fourth-order valence-electron chi connectivity index (χ4n) is 3.56. The standard InChI is InChI=1S/C24H24BrFN2O2/c1-16-4-2-3-5-22(16)28-24(29)19(14-27)12-18-8-11-23(21(25)13-18)30-15-17-6-9-20(26)10-7-17/h6-13,16,22H,2-5,15H2,1H3,(H,28,29)/b19-12+/t16-,22+/m1/s1. The number of hydrogen-bond acceptors (Lipinski definition) is 3. The largest absolute Gasteiger partial charge is 0.488 e. The van der Waals surface area contributed by atoms with Crippen LogP contribution in [0.5, 0.6) is 5.75 Å². The monoisotopic (exact) mass is 470 g/mol. The summed E-state index contributed by atoms with van der Waals surface area (Å²) in [5.41, 5.74) is 1.66. The number of nitrogens with zero attached hydrogens (tertiary/aromatic N) is 1. The first-order valence-corrected chi connectivity index (χ1v) is 10.8. The molecule has 4 nitrogen and oxygen atoms in total. The lowest BCUT2D eigenvalue weighted by molar-refractivity contribution is -0.118. The number of carbonyl (C=O) groups is 1. The number of nitriles is 1. The Hall–Kier alpha value is -2.65. The van der Waals surface area contributed by atoms with Crippen molar-refractivity contribution in [3.63, 3.8) is 0 Å². The van der Waals surface area contributed by atoms with Gasteiger partial charge in [-0.3, -0.25) is 4.79 Å². The van der Waals surface area contributed by atoms with Gasteiger partial charge in [-0.15, -0.1) is 0 Å². The van der Waals surface area contributed by atoms with Crippen molar-refractivity contribution in [2.24, 2.45) is 5.92 Å². The van der Waals surface area contributed by atoms with Crippen molar-refractivity contribution >= 4 is 27.9 Å². The molecular formula is C24H24BrFN2O2. The van der Waals surface area contributed by atoms with Gasteiger partial charge in [0, 0.05) is 6.04 Å². The summed E-state index contributed by atoms with van der Waals surface area (Å²) in [5.74, 6) is 0.431. The van der Waals surface area contributed by atoms with Gasteiger partial charge < -0.3 is 10.1 Å². The van der Waals surface area contributed by atoms with Crippen molar-refractivity contribution in [3.05, 3.63) is 69.5 Å². The molecule has 0 radical (unpaired) electrons. The van der Waals surface area contributed by atoms with Gasteiger partial charge in [-0.25, -0.2) is 4.39 Å². The Morgan fingerprint density at radius 2 is 2.00 bits per heavy atom. The topological polar surface area (TPSA) is 62.1 Å². The van der Waals surface area contributed by atoms with E-state index in [9.17, 15) is 14.4 Å². The molecule has 0 unspecified atom stereocenters. The summed E-state index contributed by atoms with van der Waals surface area (Å²) < 4.78 is 19.5. The van der Waals surface area contributed by atoms with Crippen molar-refractivity contribution in [3.8, 4) is 11.8 Å². The predicted octanol–water partition coefficient (Wildman–Crippen LogP) is 5.77. The van der Waals surface area contributed by atoms with Gasteiger partial charge in [-0.05, 0) is 76.2 Å². The van der Waals surface area contributed by atoms with Gasteiger partial charge in [0.1, 0.15) is 29.8 Å². The number of nitrogens with one attached hydrogen (secondary N) is 1. The molecule has 1 fully saturated rings. The predicted molar refractivity (Wildman–Crippen MR) is 118 cm³/mol. The van der Waals surface area contributed by atoms with Gasteiger partial charge in [-0.1, -0.05) is 38.0 Å². The highest BCUT2D eigenvalue weighted by atomic mass is 79.9. The van der Waals surface area contributed by atoms with E-state index in [1.165, 1.54) is 18.6 Å². The molecule has 2 aromatic rings. The molecule has 1 saturated carbocycles. The molecule has 0 bridgehead atoms. The summed E-state index contributed by atoms with van der Waals surface area (Å²) in [7, 11) is 0. The minimum Gasteiger partial charge on any atom is -0.488 e. The average molecular weight is 471 g/mol. The van der Waals surface area contributed by atoms with Crippen LogP contribution in [0.2, 0.25) is 0 Å². The first-order chi connectivity index (χ1) is 14.5. The van der Waals surface area contributed by atoms with E-state index >= 15 is 0 Å². The van der Waals surface area contributed by atoms with Gasteiger partial charge in [-0.2, -0.15) is 5.26 Å². The highest BCUT2D eigenvalue weighted by Crippen LogP contribution is 2.28. The third-order valence-electron chi connectivity index (χ3n) is 5.37. The zero-order chi connectivity index (χ0) is 21.5. The molecule has 0 aliphatic heterocycles. The van der Waals surface area contributed by atoms with Crippen molar-refractivity contribution in [1.82, 2.24) is 5.32 Å². The van der Waals surface area contributed by atoms with Crippen LogP contribution in [0.4, 0.5) is 4.39 Å². The van der Waals surface area contributed by atoms with E-state index in [4.69, 9.17) is 4.74 Å². The molecule has 3 rings (SSSR count). The number of hydrogen-bond donors (Lipinski definition) is 1. The summed E-state index contributed by atoms with van der Waals surface area (Å²) >= 11 is 3.47. The quantitative estimate of drug-likeness (QED) is 0.430. The van der Waals surface area contributed by atoms with Gasteiger partial charge in [0.25, 0.3) is 5.91 Å². The Labute approximate surface area is 184 Å². The van der Waals surface area contributed by atoms with Crippen LogP contribution in [-0.2, 0) is 11.4 Å². The SMILES string of the molecule is C[C@@H]1CCCC[C@@H]1NC(=O)/C(C#N)=C/c1ccc(OCc2ccc(F)cc2)c(Br)c1. The number of benzene rings is 2. The van der Waals surface area contributed by atoms with Gasteiger partial charge in [0.2, 0.25) is 0 Å². The van der Waals surface area contributed by atoms with Crippen LogP contribution in [0, 0.1) is 23.1 Å². The molecule has 2 atom stereocenters. The van der Waals surface area contributed by atoms with Crippen LogP contribution in [0.3, 0.4) is 0 Å². The lowest BCUT2D eigenvalue weighted by atomic mass is 9.86. The molecule has 0 aromatic heterocycles. The number of rotatable bonds is 6. The molecule has 30 heavy (non-hydrogen) atoms. The molecule has 0 heterocycles. The number of amides is 1. The summed E-state index contributed by atoms with van der Waals surface area (Å²) in [5, 5.41) is 12.5. The summed E-state index contributed by atoms with van der Waals surface area (Å²) in [6.45, 7) is 2.45. The lowest BCUT2D eigenvalue weighted by Crippen LogP contribution is -2.41. The molecule has 1 N–H and O–H groups in total. The molecule has 2 aromatic carbocycles. The zero-order valence-electron chi connectivity index (χ0n) is 16.8. The van der Waals surface area contributed by atoms with E-state index < -0.39 is 0 Å². The van der Waals surface area contributed by atoms with E-state index in [2.05, 4.69) is 28.2 Å². The average Bonchev–Trinajstić information content (AvgIpc) is 2.74. The first-order valence-electron chi connectivity index (χ1n) is 10.1. The van der Waals surface area contributed by atoms with Crippen molar-refractivity contribution in [1.29, 1.82) is 5.26 Å². The van der Waals surface area contributed by atoms with Crippen LogP contribution < -0.4 is 10.1 Å². The lowest BCUT2D eigenvalue weighted by Gasteiger charge is -2.29.